The normalized spacial score (nSPS) is 13.2. The van der Waals surface area contributed by atoms with Crippen LogP contribution in [0, 0.1) is 11.6 Å². The largest absolute Gasteiger partial charge is 0.454 e. The van der Waals surface area contributed by atoms with Crippen molar-refractivity contribution in [2.75, 3.05) is 12.1 Å². The fourth-order valence-corrected chi connectivity index (χ4v) is 2.18. The summed E-state index contributed by atoms with van der Waals surface area (Å²) >= 11 is 0. The number of carbonyl (C=O) groups is 2. The molecule has 0 aromatic heterocycles. The maximum atomic E-state index is 13.6. The van der Waals surface area contributed by atoms with E-state index in [1.54, 1.807) is 18.2 Å². The molecule has 1 amide bonds. The number of rotatable bonds is 4. The van der Waals surface area contributed by atoms with E-state index >= 15 is 0 Å². The van der Waals surface area contributed by atoms with E-state index in [0.717, 1.165) is 18.2 Å². The third kappa shape index (κ3) is 3.52. The Hall–Kier alpha value is -3.16. The van der Waals surface area contributed by atoms with Gasteiger partial charge in [-0.05, 0) is 31.2 Å². The van der Waals surface area contributed by atoms with E-state index in [1.165, 1.54) is 6.92 Å². The Labute approximate surface area is 141 Å². The molecule has 0 radical (unpaired) electrons. The number of anilines is 1. The molecule has 0 aliphatic carbocycles. The van der Waals surface area contributed by atoms with Gasteiger partial charge in [0, 0.05) is 11.8 Å². The van der Waals surface area contributed by atoms with Gasteiger partial charge in [-0.1, -0.05) is 6.07 Å². The zero-order valence-corrected chi connectivity index (χ0v) is 13.0. The van der Waals surface area contributed by atoms with E-state index in [9.17, 15) is 18.4 Å². The van der Waals surface area contributed by atoms with E-state index in [1.807, 2.05) is 0 Å². The highest BCUT2D eigenvalue weighted by Gasteiger charge is 2.24. The molecule has 1 heterocycles. The molecule has 1 atom stereocenters. The Kier molecular flexibility index (Phi) is 4.51. The summed E-state index contributed by atoms with van der Waals surface area (Å²) in [4.78, 5) is 24.0. The second-order valence-electron chi connectivity index (χ2n) is 5.20. The predicted molar refractivity (Wildman–Crippen MR) is 82.4 cm³/mol. The zero-order chi connectivity index (χ0) is 18.0. The van der Waals surface area contributed by atoms with Gasteiger partial charge in [0.2, 0.25) is 6.79 Å². The van der Waals surface area contributed by atoms with Crippen molar-refractivity contribution in [1.29, 1.82) is 0 Å². The lowest BCUT2D eigenvalue weighted by atomic mass is 10.2. The zero-order valence-electron chi connectivity index (χ0n) is 13.0. The van der Waals surface area contributed by atoms with Gasteiger partial charge in [-0.15, -0.1) is 0 Å². The minimum Gasteiger partial charge on any atom is -0.454 e. The van der Waals surface area contributed by atoms with Crippen LogP contribution in [0.15, 0.2) is 36.4 Å². The number of benzene rings is 2. The summed E-state index contributed by atoms with van der Waals surface area (Å²) in [5.74, 6) is -3.03. The first-order chi connectivity index (χ1) is 12.0. The summed E-state index contributed by atoms with van der Waals surface area (Å²) < 4.78 is 42.3. The molecule has 8 heteroatoms. The van der Waals surface area contributed by atoms with E-state index in [-0.39, 0.29) is 6.79 Å². The van der Waals surface area contributed by atoms with Crippen LogP contribution in [0.5, 0.6) is 11.5 Å². The lowest BCUT2D eigenvalue weighted by Crippen LogP contribution is -2.30. The molecule has 1 aliphatic heterocycles. The SMILES string of the molecule is CC(OC(=O)c1c(F)cccc1F)C(=O)Nc1ccc2c(c1)OCO2. The Bertz CT molecular complexity index is 820. The van der Waals surface area contributed by atoms with Crippen molar-refractivity contribution in [3.63, 3.8) is 0 Å². The van der Waals surface area contributed by atoms with Crippen LogP contribution < -0.4 is 14.8 Å². The molecule has 2 aromatic rings. The molecule has 0 saturated carbocycles. The number of esters is 1. The Morgan fingerprint density at radius 3 is 2.52 bits per heavy atom. The lowest BCUT2D eigenvalue weighted by Gasteiger charge is -2.14. The third-order valence-electron chi connectivity index (χ3n) is 3.46. The number of amides is 1. The highest BCUT2D eigenvalue weighted by atomic mass is 19.1. The highest BCUT2D eigenvalue weighted by molar-refractivity contribution is 5.97. The number of carbonyl (C=O) groups excluding carboxylic acids is 2. The van der Waals surface area contributed by atoms with Gasteiger partial charge in [0.25, 0.3) is 5.91 Å². The van der Waals surface area contributed by atoms with Crippen LogP contribution in [-0.4, -0.2) is 24.8 Å². The maximum Gasteiger partial charge on any atom is 0.344 e. The Morgan fingerprint density at radius 1 is 1.12 bits per heavy atom. The van der Waals surface area contributed by atoms with Crippen molar-refractivity contribution in [3.8, 4) is 11.5 Å². The van der Waals surface area contributed by atoms with E-state index < -0.39 is 35.2 Å². The van der Waals surface area contributed by atoms with Crippen molar-refractivity contribution in [2.45, 2.75) is 13.0 Å². The number of hydrogen-bond acceptors (Lipinski definition) is 5. The van der Waals surface area contributed by atoms with E-state index in [0.29, 0.717) is 17.2 Å². The fraction of sp³-hybridized carbons (Fsp3) is 0.176. The van der Waals surface area contributed by atoms with Crippen LogP contribution in [-0.2, 0) is 9.53 Å². The summed E-state index contributed by atoms with van der Waals surface area (Å²) in [7, 11) is 0. The van der Waals surface area contributed by atoms with E-state index in [4.69, 9.17) is 14.2 Å². The van der Waals surface area contributed by atoms with Gasteiger partial charge >= 0.3 is 5.97 Å². The van der Waals surface area contributed by atoms with Crippen molar-refractivity contribution >= 4 is 17.6 Å². The van der Waals surface area contributed by atoms with Crippen LogP contribution in [0.1, 0.15) is 17.3 Å². The molecule has 0 saturated heterocycles. The molecule has 0 fully saturated rings. The first kappa shape index (κ1) is 16.7. The quantitative estimate of drug-likeness (QED) is 0.859. The topological polar surface area (TPSA) is 73.9 Å². The number of nitrogens with one attached hydrogen (secondary N) is 1. The fourth-order valence-electron chi connectivity index (χ4n) is 2.18. The van der Waals surface area contributed by atoms with Crippen LogP contribution >= 0.6 is 0 Å². The summed E-state index contributed by atoms with van der Waals surface area (Å²) in [5, 5.41) is 2.52. The summed E-state index contributed by atoms with van der Waals surface area (Å²) in [6, 6.07) is 7.72. The van der Waals surface area contributed by atoms with Crippen LogP contribution in [0.3, 0.4) is 0 Å². The first-order valence-corrected chi connectivity index (χ1v) is 7.31. The number of ether oxygens (including phenoxy) is 3. The molecule has 1 unspecified atom stereocenters. The van der Waals surface area contributed by atoms with Crippen molar-refractivity contribution in [1.82, 2.24) is 0 Å². The minimum atomic E-state index is -1.27. The number of hydrogen-bond donors (Lipinski definition) is 1. The second kappa shape index (κ2) is 6.76. The Morgan fingerprint density at radius 2 is 1.80 bits per heavy atom. The van der Waals surface area contributed by atoms with Crippen LogP contribution in [0.4, 0.5) is 14.5 Å². The summed E-state index contributed by atoms with van der Waals surface area (Å²) in [5.41, 5.74) is -0.445. The van der Waals surface area contributed by atoms with Crippen LogP contribution in [0.2, 0.25) is 0 Å². The van der Waals surface area contributed by atoms with Gasteiger partial charge in [-0.3, -0.25) is 4.79 Å². The van der Waals surface area contributed by atoms with E-state index in [2.05, 4.69) is 5.32 Å². The molecule has 1 N–H and O–H groups in total. The molecule has 6 nitrogen and oxygen atoms in total. The van der Waals surface area contributed by atoms with Gasteiger partial charge in [-0.25, -0.2) is 13.6 Å². The smallest absolute Gasteiger partial charge is 0.344 e. The summed E-state index contributed by atoms with van der Waals surface area (Å²) in [6.07, 6.45) is -1.27. The average Bonchev–Trinajstić information content (AvgIpc) is 3.02. The van der Waals surface area contributed by atoms with Gasteiger partial charge in [-0.2, -0.15) is 0 Å². The molecule has 0 bridgehead atoms. The molecule has 0 spiro atoms. The molecule has 130 valence electrons. The van der Waals surface area contributed by atoms with Gasteiger partial charge in [0.05, 0.1) is 0 Å². The first-order valence-electron chi connectivity index (χ1n) is 7.31. The predicted octanol–water partition coefficient (Wildman–Crippen LogP) is 2.88. The van der Waals surface area contributed by atoms with Crippen LogP contribution in [0.25, 0.3) is 0 Å². The molecule has 25 heavy (non-hydrogen) atoms. The summed E-state index contributed by atoms with van der Waals surface area (Å²) in [6.45, 7) is 1.38. The van der Waals surface area contributed by atoms with Gasteiger partial charge < -0.3 is 19.5 Å². The maximum absolute atomic E-state index is 13.6. The lowest BCUT2D eigenvalue weighted by molar-refractivity contribution is -0.123. The van der Waals surface area contributed by atoms with Crippen molar-refractivity contribution in [2.24, 2.45) is 0 Å². The Balaban J connectivity index is 1.65. The van der Waals surface area contributed by atoms with Gasteiger partial charge in [0.1, 0.15) is 17.2 Å². The monoisotopic (exact) mass is 349 g/mol. The van der Waals surface area contributed by atoms with Gasteiger partial charge in [0.15, 0.2) is 17.6 Å². The molecular formula is C17H13F2NO5. The van der Waals surface area contributed by atoms with Crippen molar-refractivity contribution in [3.05, 3.63) is 53.6 Å². The molecular weight excluding hydrogens is 336 g/mol. The standard InChI is InChI=1S/C17H13F2NO5/c1-9(25-17(22)15-11(18)3-2-4-12(15)19)16(21)20-10-5-6-13-14(7-10)24-8-23-13/h2-7,9H,8H2,1H3,(H,20,21). The second-order valence-corrected chi connectivity index (χ2v) is 5.20. The number of fused-ring (bicyclic) bond motifs is 1. The molecule has 3 rings (SSSR count). The minimum absolute atomic E-state index is 0.0922. The number of halogens is 2. The molecule has 1 aliphatic rings. The highest BCUT2D eigenvalue weighted by Crippen LogP contribution is 2.34. The molecule has 2 aromatic carbocycles. The average molecular weight is 349 g/mol. The third-order valence-corrected chi connectivity index (χ3v) is 3.46. The van der Waals surface area contributed by atoms with Crippen molar-refractivity contribution < 1.29 is 32.6 Å².